The predicted octanol–water partition coefficient (Wildman–Crippen LogP) is 7.52. The number of allylic oxidation sites excluding steroid dienone is 1. The number of para-hydroxylation sites is 1. The van der Waals surface area contributed by atoms with Crippen LogP contribution in [0.5, 0.6) is 0 Å². The van der Waals surface area contributed by atoms with Crippen molar-refractivity contribution in [3.05, 3.63) is 136 Å². The Kier molecular flexibility index (Phi) is 8.50. The van der Waals surface area contributed by atoms with Gasteiger partial charge in [-0.2, -0.15) is 5.26 Å². The molecule has 0 saturated heterocycles. The van der Waals surface area contributed by atoms with E-state index in [2.05, 4.69) is 21.7 Å². The maximum atomic E-state index is 14.6. The summed E-state index contributed by atoms with van der Waals surface area (Å²) >= 11 is 2.36. The topological polar surface area (TPSA) is 77.8 Å². The second-order valence-corrected chi connectivity index (χ2v) is 10.7. The number of nitriles is 1. The van der Waals surface area contributed by atoms with Crippen LogP contribution in [0.4, 0.5) is 14.5 Å². The van der Waals surface area contributed by atoms with Gasteiger partial charge in [-0.1, -0.05) is 84.6 Å². The molecule has 1 heterocycles. The van der Waals surface area contributed by atoms with Crippen LogP contribution in [-0.2, 0) is 4.79 Å². The van der Waals surface area contributed by atoms with Crippen molar-refractivity contribution in [1.29, 1.82) is 5.26 Å². The van der Waals surface area contributed by atoms with Crippen LogP contribution in [0.15, 0.2) is 108 Å². The Balaban J connectivity index is 1.44. The number of nitrogens with zero attached hydrogens (tertiary/aromatic N) is 2. The summed E-state index contributed by atoms with van der Waals surface area (Å²) in [5.74, 6) is -1.90. The molecule has 0 bridgehead atoms. The third-order valence-corrected chi connectivity index (χ3v) is 8.00. The number of hydrogen-bond donors (Lipinski definition) is 2. The van der Waals surface area contributed by atoms with E-state index < -0.39 is 11.6 Å². The van der Waals surface area contributed by atoms with Crippen molar-refractivity contribution >= 4 is 50.5 Å². The molecule has 0 spiro atoms. The molecular weight excluding hydrogens is 546 g/mol. The fourth-order valence-electron chi connectivity index (χ4n) is 4.05. The van der Waals surface area contributed by atoms with Crippen molar-refractivity contribution < 1.29 is 13.6 Å². The summed E-state index contributed by atoms with van der Waals surface area (Å²) < 4.78 is 29.0. The van der Waals surface area contributed by atoms with Gasteiger partial charge in [0.15, 0.2) is 0 Å². The lowest BCUT2D eigenvalue weighted by atomic mass is 9.99. The Bertz CT molecular complexity index is 1640. The van der Waals surface area contributed by atoms with E-state index >= 15 is 0 Å². The first-order valence-corrected chi connectivity index (χ1v) is 14.1. The molecule has 0 radical (unpaired) electrons. The van der Waals surface area contributed by atoms with Crippen LogP contribution < -0.4 is 10.6 Å². The number of hydrogen-bond acceptors (Lipinski definition) is 6. The average molecular weight is 569 g/mol. The van der Waals surface area contributed by atoms with Crippen molar-refractivity contribution in [2.45, 2.75) is 6.04 Å². The number of carbonyl (C=O) groups is 1. The molecule has 5 aromatic rings. The standard InChI is InChI=1S/C31H22F2N4OS2/c32-22-15-16-25(24(33)17-22)35-30(23(18-34)31-36-26-13-7-8-14-27(26)40-31)39-19-28(38)37-29(20-9-3-1-4-10-20)21-11-5-2-6-12-21/h1-17,29,35H,19H2,(H,37,38)/b30-23+. The van der Waals surface area contributed by atoms with Crippen LogP contribution in [0.25, 0.3) is 15.8 Å². The number of anilines is 1. The van der Waals surface area contributed by atoms with Gasteiger partial charge in [-0.3, -0.25) is 4.79 Å². The van der Waals surface area contributed by atoms with E-state index in [9.17, 15) is 18.8 Å². The summed E-state index contributed by atoms with van der Waals surface area (Å²) in [4.78, 5) is 17.8. The van der Waals surface area contributed by atoms with Gasteiger partial charge in [0.25, 0.3) is 0 Å². The fraction of sp³-hybridized carbons (Fsp3) is 0.0645. The highest BCUT2D eigenvalue weighted by molar-refractivity contribution is 8.04. The Hall–Kier alpha value is -4.52. The number of thioether (sulfide) groups is 1. The zero-order valence-electron chi connectivity index (χ0n) is 21.0. The number of benzene rings is 4. The van der Waals surface area contributed by atoms with Gasteiger partial charge in [0.2, 0.25) is 5.91 Å². The number of amides is 1. The van der Waals surface area contributed by atoms with E-state index in [1.165, 1.54) is 17.4 Å². The maximum Gasteiger partial charge on any atom is 0.231 e. The molecule has 0 saturated carbocycles. The van der Waals surface area contributed by atoms with Gasteiger partial charge in [-0.15, -0.1) is 11.3 Å². The van der Waals surface area contributed by atoms with Gasteiger partial charge in [-0.25, -0.2) is 13.8 Å². The zero-order chi connectivity index (χ0) is 27.9. The van der Waals surface area contributed by atoms with E-state index in [1.54, 1.807) is 0 Å². The molecule has 5 nitrogen and oxygen atoms in total. The summed E-state index contributed by atoms with van der Waals surface area (Å²) in [6, 6.07) is 31.6. The predicted molar refractivity (Wildman–Crippen MR) is 157 cm³/mol. The Morgan fingerprint density at radius 2 is 1.57 bits per heavy atom. The summed E-state index contributed by atoms with van der Waals surface area (Å²) in [7, 11) is 0. The minimum atomic E-state index is -0.822. The van der Waals surface area contributed by atoms with Crippen LogP contribution in [0, 0.1) is 23.0 Å². The molecule has 2 N–H and O–H groups in total. The average Bonchev–Trinajstić information content (AvgIpc) is 3.41. The van der Waals surface area contributed by atoms with E-state index in [0.29, 0.717) is 5.01 Å². The molecule has 0 unspecified atom stereocenters. The highest BCUT2D eigenvalue weighted by atomic mass is 32.2. The van der Waals surface area contributed by atoms with E-state index in [-0.39, 0.29) is 34.0 Å². The quantitative estimate of drug-likeness (QED) is 0.180. The number of thiazole rings is 1. The van der Waals surface area contributed by atoms with Gasteiger partial charge < -0.3 is 10.6 Å². The van der Waals surface area contributed by atoms with Crippen molar-refractivity contribution in [3.8, 4) is 6.07 Å². The molecule has 1 aromatic heterocycles. The first kappa shape index (κ1) is 27.1. The zero-order valence-corrected chi connectivity index (χ0v) is 22.6. The Labute approximate surface area is 238 Å². The van der Waals surface area contributed by atoms with E-state index in [1.807, 2.05) is 84.9 Å². The molecule has 198 valence electrons. The second kappa shape index (κ2) is 12.6. The number of fused-ring (bicyclic) bond motifs is 1. The molecule has 0 aliphatic rings. The largest absolute Gasteiger partial charge is 0.347 e. The van der Waals surface area contributed by atoms with E-state index in [4.69, 9.17) is 0 Å². The summed E-state index contributed by atoms with van der Waals surface area (Å²) in [6.45, 7) is 0. The van der Waals surface area contributed by atoms with Crippen LogP contribution in [0.2, 0.25) is 0 Å². The number of aromatic nitrogens is 1. The second-order valence-electron chi connectivity index (χ2n) is 8.66. The Morgan fingerprint density at radius 3 is 2.20 bits per heavy atom. The summed E-state index contributed by atoms with van der Waals surface area (Å²) in [6.07, 6.45) is 0. The number of rotatable bonds is 9. The molecular formula is C31H22F2N4OS2. The number of nitrogens with one attached hydrogen (secondary N) is 2. The van der Waals surface area contributed by atoms with Crippen molar-refractivity contribution in [2.75, 3.05) is 11.1 Å². The first-order chi connectivity index (χ1) is 19.5. The third-order valence-electron chi connectivity index (χ3n) is 5.94. The van der Waals surface area contributed by atoms with Gasteiger partial charge in [-0.05, 0) is 35.4 Å². The SMILES string of the molecule is N#C/C(=C(/Nc1ccc(F)cc1F)SCC(=O)NC(c1ccccc1)c1ccccc1)c1nc2ccccc2s1. The lowest BCUT2D eigenvalue weighted by Crippen LogP contribution is -2.30. The first-order valence-electron chi connectivity index (χ1n) is 12.3. The maximum absolute atomic E-state index is 14.6. The molecule has 0 aliphatic carbocycles. The van der Waals surface area contributed by atoms with Crippen molar-refractivity contribution in [2.24, 2.45) is 0 Å². The molecule has 0 atom stereocenters. The minimum Gasteiger partial charge on any atom is -0.347 e. The van der Waals surface area contributed by atoms with Gasteiger partial charge >= 0.3 is 0 Å². The molecule has 4 aromatic carbocycles. The molecule has 0 aliphatic heterocycles. The fourth-order valence-corrected chi connectivity index (χ4v) is 5.91. The number of halogens is 2. The van der Waals surface area contributed by atoms with Gasteiger partial charge in [0.05, 0.1) is 32.7 Å². The van der Waals surface area contributed by atoms with Crippen LogP contribution >= 0.6 is 23.1 Å². The molecule has 40 heavy (non-hydrogen) atoms. The van der Waals surface area contributed by atoms with Gasteiger partial charge in [0, 0.05) is 6.07 Å². The third kappa shape index (κ3) is 6.37. The molecule has 5 rings (SSSR count). The van der Waals surface area contributed by atoms with Crippen LogP contribution in [0.3, 0.4) is 0 Å². The number of carbonyl (C=O) groups excluding carboxylic acids is 1. The van der Waals surface area contributed by atoms with E-state index in [0.717, 1.165) is 45.2 Å². The van der Waals surface area contributed by atoms with Crippen molar-refractivity contribution in [3.63, 3.8) is 0 Å². The van der Waals surface area contributed by atoms with Crippen LogP contribution in [0.1, 0.15) is 22.2 Å². The molecule has 1 amide bonds. The lowest BCUT2D eigenvalue weighted by Gasteiger charge is -2.20. The normalized spacial score (nSPS) is 11.7. The monoisotopic (exact) mass is 568 g/mol. The summed E-state index contributed by atoms with van der Waals surface area (Å²) in [5, 5.41) is 16.8. The van der Waals surface area contributed by atoms with Crippen molar-refractivity contribution in [1.82, 2.24) is 10.3 Å². The van der Waals surface area contributed by atoms with Crippen LogP contribution in [-0.4, -0.2) is 16.6 Å². The molecule has 9 heteroatoms. The smallest absolute Gasteiger partial charge is 0.231 e. The highest BCUT2D eigenvalue weighted by Crippen LogP contribution is 2.34. The highest BCUT2D eigenvalue weighted by Gasteiger charge is 2.20. The summed E-state index contributed by atoms with van der Waals surface area (Å²) in [5.41, 5.74) is 2.69. The molecule has 0 fully saturated rings. The Morgan fingerprint density at radius 1 is 0.925 bits per heavy atom. The lowest BCUT2D eigenvalue weighted by molar-refractivity contribution is -0.119. The van der Waals surface area contributed by atoms with Gasteiger partial charge in [0.1, 0.15) is 28.3 Å². The minimum absolute atomic E-state index is 0.0235.